The van der Waals surface area contributed by atoms with Crippen LogP contribution in [0.25, 0.3) is 11.0 Å². The maximum Gasteiger partial charge on any atom is 0.106 e. The van der Waals surface area contributed by atoms with Crippen molar-refractivity contribution in [3.63, 3.8) is 0 Å². The van der Waals surface area contributed by atoms with Gasteiger partial charge in [0.2, 0.25) is 0 Å². The molecule has 0 unspecified atom stereocenters. The van der Waals surface area contributed by atoms with Gasteiger partial charge in [0.1, 0.15) is 5.52 Å². The molecular weight excluding hydrogens is 200 g/mol. The second-order valence-corrected chi connectivity index (χ2v) is 3.87. The van der Waals surface area contributed by atoms with Gasteiger partial charge >= 0.3 is 0 Å². The molecule has 0 saturated carbocycles. The van der Waals surface area contributed by atoms with E-state index in [1.54, 1.807) is 10.6 Å². The summed E-state index contributed by atoms with van der Waals surface area (Å²) in [6.45, 7) is 3.90. The first-order chi connectivity index (χ1) is 6.61. The van der Waals surface area contributed by atoms with Crippen LogP contribution in [0.4, 0.5) is 0 Å². The fraction of sp³-hybridized carbons (Fsp3) is 0.300. The molecular formula is C10H10ClN2O-. The molecule has 0 spiro atoms. The highest BCUT2D eigenvalue weighted by molar-refractivity contribution is 6.34. The van der Waals surface area contributed by atoms with Crippen molar-refractivity contribution in [3.05, 3.63) is 23.2 Å². The highest BCUT2D eigenvalue weighted by atomic mass is 35.5. The first-order valence-electron chi connectivity index (χ1n) is 4.44. The first-order valence-corrected chi connectivity index (χ1v) is 4.82. The number of aromatic nitrogens is 2. The number of rotatable bonds is 1. The van der Waals surface area contributed by atoms with E-state index in [-0.39, 0.29) is 12.1 Å². The Morgan fingerprint density at radius 2 is 2.14 bits per heavy atom. The molecule has 1 heterocycles. The van der Waals surface area contributed by atoms with Gasteiger partial charge in [-0.15, -0.1) is 0 Å². The predicted molar refractivity (Wildman–Crippen MR) is 54.6 cm³/mol. The average molecular weight is 210 g/mol. The van der Waals surface area contributed by atoms with Gasteiger partial charge in [0.15, 0.2) is 0 Å². The molecule has 1 aromatic carbocycles. The normalized spacial score (nSPS) is 11.4. The van der Waals surface area contributed by atoms with E-state index in [0.717, 1.165) is 5.52 Å². The van der Waals surface area contributed by atoms with E-state index in [0.29, 0.717) is 10.5 Å². The lowest BCUT2D eigenvalue weighted by Crippen LogP contribution is -2.06. The topological polar surface area (TPSA) is 40.9 Å². The standard InChI is InChI=1S/C10H11ClN2O/c1-6(2)13-8-5-3-4-7(11)9(8)12-10(13)14/h3-6H,1-2H3,(H,12,14)/p-1. The Balaban J connectivity index is 2.83. The molecule has 0 fully saturated rings. The van der Waals surface area contributed by atoms with Crippen LogP contribution in [0, 0.1) is 0 Å². The summed E-state index contributed by atoms with van der Waals surface area (Å²) in [5, 5.41) is 12.1. The van der Waals surface area contributed by atoms with E-state index >= 15 is 0 Å². The van der Waals surface area contributed by atoms with Crippen molar-refractivity contribution >= 4 is 22.6 Å². The fourth-order valence-electron chi connectivity index (χ4n) is 1.56. The highest BCUT2D eigenvalue weighted by Crippen LogP contribution is 2.27. The molecule has 4 heteroatoms. The maximum absolute atomic E-state index is 11.5. The van der Waals surface area contributed by atoms with Crippen molar-refractivity contribution in [1.82, 2.24) is 9.55 Å². The summed E-state index contributed by atoms with van der Waals surface area (Å²) in [5.74, 6) is 0. The number of para-hydroxylation sites is 1. The number of benzene rings is 1. The molecule has 2 rings (SSSR count). The van der Waals surface area contributed by atoms with Gasteiger partial charge in [-0.25, -0.2) is 4.98 Å². The van der Waals surface area contributed by atoms with E-state index in [1.807, 2.05) is 26.0 Å². The maximum atomic E-state index is 11.5. The minimum absolute atomic E-state index is 0.103. The minimum atomic E-state index is -0.233. The first kappa shape index (κ1) is 9.34. The van der Waals surface area contributed by atoms with Crippen molar-refractivity contribution in [2.24, 2.45) is 0 Å². The smallest absolute Gasteiger partial charge is 0.106 e. The van der Waals surface area contributed by atoms with E-state index in [4.69, 9.17) is 11.6 Å². The predicted octanol–water partition coefficient (Wildman–Crippen LogP) is 2.34. The van der Waals surface area contributed by atoms with Crippen molar-refractivity contribution in [2.75, 3.05) is 0 Å². The summed E-state index contributed by atoms with van der Waals surface area (Å²) in [4.78, 5) is 3.91. The number of fused-ring (bicyclic) bond motifs is 1. The fourth-order valence-corrected chi connectivity index (χ4v) is 1.77. The third-order valence-corrected chi connectivity index (χ3v) is 2.46. The average Bonchev–Trinajstić information content (AvgIpc) is 2.42. The molecule has 3 nitrogen and oxygen atoms in total. The van der Waals surface area contributed by atoms with E-state index < -0.39 is 0 Å². The summed E-state index contributed by atoms with van der Waals surface area (Å²) >= 11 is 5.93. The molecule has 0 aliphatic carbocycles. The summed E-state index contributed by atoms with van der Waals surface area (Å²) in [6, 6.07) is 5.29. The van der Waals surface area contributed by atoms with Crippen LogP contribution in [0.1, 0.15) is 19.9 Å². The van der Waals surface area contributed by atoms with Gasteiger partial charge in [0, 0.05) is 6.04 Å². The second-order valence-electron chi connectivity index (χ2n) is 3.47. The van der Waals surface area contributed by atoms with Crippen molar-refractivity contribution in [1.29, 1.82) is 0 Å². The highest BCUT2D eigenvalue weighted by Gasteiger charge is 2.09. The van der Waals surface area contributed by atoms with Crippen LogP contribution in [0.3, 0.4) is 0 Å². The molecule has 0 saturated heterocycles. The zero-order chi connectivity index (χ0) is 10.3. The molecule has 0 aliphatic rings. The molecule has 14 heavy (non-hydrogen) atoms. The second kappa shape index (κ2) is 3.17. The third kappa shape index (κ3) is 1.24. The summed E-state index contributed by atoms with van der Waals surface area (Å²) in [6.07, 6.45) is 0. The Kier molecular flexibility index (Phi) is 2.11. The van der Waals surface area contributed by atoms with Crippen molar-refractivity contribution in [3.8, 4) is 6.01 Å². The largest absolute Gasteiger partial charge is 0.846 e. The SMILES string of the molecule is CC(C)n1c([O-])nc2c(Cl)cccc21. The lowest BCUT2D eigenvalue weighted by molar-refractivity contribution is -0.285. The lowest BCUT2D eigenvalue weighted by Gasteiger charge is -2.14. The molecule has 1 aromatic heterocycles. The minimum Gasteiger partial charge on any atom is -0.846 e. The Bertz CT molecular complexity index is 476. The van der Waals surface area contributed by atoms with Crippen LogP contribution in [-0.4, -0.2) is 9.55 Å². The number of hydrogen-bond donors (Lipinski definition) is 0. The molecule has 0 N–H and O–H groups in total. The van der Waals surface area contributed by atoms with Crippen molar-refractivity contribution in [2.45, 2.75) is 19.9 Å². The van der Waals surface area contributed by atoms with Crippen molar-refractivity contribution < 1.29 is 5.11 Å². The monoisotopic (exact) mass is 209 g/mol. The van der Waals surface area contributed by atoms with Gasteiger partial charge < -0.3 is 9.67 Å². The number of nitrogens with zero attached hydrogens (tertiary/aromatic N) is 2. The molecule has 0 amide bonds. The third-order valence-electron chi connectivity index (χ3n) is 2.15. The van der Waals surface area contributed by atoms with Gasteiger partial charge in [-0.2, -0.15) is 0 Å². The summed E-state index contributed by atoms with van der Waals surface area (Å²) in [5.41, 5.74) is 1.39. The Morgan fingerprint density at radius 1 is 1.43 bits per heavy atom. The van der Waals surface area contributed by atoms with Crippen LogP contribution in [0.5, 0.6) is 6.01 Å². The summed E-state index contributed by atoms with van der Waals surface area (Å²) < 4.78 is 1.64. The number of hydrogen-bond acceptors (Lipinski definition) is 2. The number of halogens is 1. The molecule has 74 valence electrons. The molecule has 0 radical (unpaired) electrons. The van der Waals surface area contributed by atoms with Gasteiger partial charge in [-0.3, -0.25) is 0 Å². The Labute approximate surface area is 86.9 Å². The van der Waals surface area contributed by atoms with E-state index in [2.05, 4.69) is 4.98 Å². The zero-order valence-corrected chi connectivity index (χ0v) is 8.75. The van der Waals surface area contributed by atoms with E-state index in [1.165, 1.54) is 0 Å². The van der Waals surface area contributed by atoms with E-state index in [9.17, 15) is 5.11 Å². The summed E-state index contributed by atoms with van der Waals surface area (Å²) in [7, 11) is 0. The van der Waals surface area contributed by atoms with Crippen LogP contribution < -0.4 is 5.11 Å². The lowest BCUT2D eigenvalue weighted by atomic mass is 10.3. The number of imidazole rings is 1. The Morgan fingerprint density at radius 3 is 2.79 bits per heavy atom. The van der Waals surface area contributed by atoms with Crippen LogP contribution >= 0.6 is 11.6 Å². The van der Waals surface area contributed by atoms with Gasteiger partial charge in [0.25, 0.3) is 0 Å². The molecule has 0 atom stereocenters. The van der Waals surface area contributed by atoms with Crippen LogP contribution in [0.2, 0.25) is 5.02 Å². The van der Waals surface area contributed by atoms with Crippen LogP contribution in [0.15, 0.2) is 18.2 Å². The molecule has 0 aliphatic heterocycles. The van der Waals surface area contributed by atoms with Gasteiger partial charge in [-0.1, -0.05) is 17.7 Å². The zero-order valence-electron chi connectivity index (χ0n) is 7.99. The van der Waals surface area contributed by atoms with Gasteiger partial charge in [-0.05, 0) is 26.0 Å². The quantitative estimate of drug-likeness (QED) is 0.724. The molecule has 2 aromatic rings. The Hall–Kier alpha value is -1.22. The van der Waals surface area contributed by atoms with Crippen LogP contribution in [-0.2, 0) is 0 Å². The van der Waals surface area contributed by atoms with Gasteiger partial charge in [0.05, 0.1) is 16.5 Å². The molecule has 0 bridgehead atoms.